The summed E-state index contributed by atoms with van der Waals surface area (Å²) in [6.07, 6.45) is -15.2. The second kappa shape index (κ2) is 12.7. The maximum atomic E-state index is 14.9. The predicted octanol–water partition coefficient (Wildman–Crippen LogP) is 6.98. The first-order valence-electron chi connectivity index (χ1n) is 13.8. The van der Waals surface area contributed by atoms with Gasteiger partial charge in [-0.25, -0.2) is 9.78 Å². The standard InChI is InChI=1S/C29H30F6N4O6/c1-26(2,3)45-25(42)36-19-14-18(28(30,31)32)21-20(41)12-11-17(40)10-7-13-27(29(33,34)35,43-15-16-8-5-4-6-9-16)24-39-38-23(44-24)22(19)37-21/h4-6,8-9,14,17,40H,7,10-13,15H2,1-3H3,(H,36,42)/t17?,27-/m1/s1. The Kier molecular flexibility index (Phi) is 9.59. The van der Waals surface area contributed by atoms with E-state index in [1.165, 1.54) is 32.9 Å². The molecular weight excluding hydrogens is 614 g/mol. The van der Waals surface area contributed by atoms with Crippen LogP contribution in [0, 0.1) is 0 Å². The molecule has 3 heterocycles. The number of Topliss-reactive ketones (excluding diaryl/α,β-unsaturated/α-hetero) is 1. The van der Waals surface area contributed by atoms with E-state index < -0.39 is 95.4 Å². The molecular formula is C29H30F6N4O6. The van der Waals surface area contributed by atoms with Gasteiger partial charge < -0.3 is 19.0 Å². The predicted molar refractivity (Wildman–Crippen MR) is 145 cm³/mol. The van der Waals surface area contributed by atoms with E-state index in [4.69, 9.17) is 13.9 Å². The van der Waals surface area contributed by atoms with Crippen LogP contribution in [0.15, 0.2) is 40.8 Å². The Morgan fingerprint density at radius 2 is 1.76 bits per heavy atom. The third kappa shape index (κ3) is 7.97. The number of hydrogen-bond acceptors (Lipinski definition) is 9. The Hall–Kier alpha value is -4.05. The fraction of sp³-hybridized carbons (Fsp3) is 0.483. The van der Waals surface area contributed by atoms with Crippen molar-refractivity contribution in [1.82, 2.24) is 15.2 Å². The van der Waals surface area contributed by atoms with Gasteiger partial charge in [-0.05, 0) is 58.1 Å². The highest BCUT2D eigenvalue weighted by atomic mass is 19.4. The average Bonchev–Trinajstić information content (AvgIpc) is 3.41. The molecule has 3 aromatic rings. The normalized spacial score (nSPS) is 20.0. The van der Waals surface area contributed by atoms with Gasteiger partial charge in [-0.3, -0.25) is 10.1 Å². The lowest BCUT2D eigenvalue weighted by atomic mass is 9.93. The van der Waals surface area contributed by atoms with Gasteiger partial charge in [0.15, 0.2) is 11.5 Å². The van der Waals surface area contributed by atoms with Crippen molar-refractivity contribution >= 4 is 17.6 Å². The van der Waals surface area contributed by atoms with Crippen molar-refractivity contribution in [3.05, 3.63) is 59.1 Å². The van der Waals surface area contributed by atoms with Crippen LogP contribution >= 0.6 is 0 Å². The third-order valence-corrected chi connectivity index (χ3v) is 6.76. The minimum atomic E-state index is -5.15. The van der Waals surface area contributed by atoms with E-state index >= 15 is 0 Å². The quantitative estimate of drug-likeness (QED) is 0.288. The first kappa shape index (κ1) is 33.8. The van der Waals surface area contributed by atoms with Crippen molar-refractivity contribution in [1.29, 1.82) is 0 Å². The topological polar surface area (TPSA) is 137 Å². The van der Waals surface area contributed by atoms with E-state index in [0.29, 0.717) is 11.6 Å². The number of rotatable bonds is 4. The molecule has 0 aliphatic carbocycles. The molecule has 2 N–H and O–H groups in total. The zero-order valence-corrected chi connectivity index (χ0v) is 24.4. The van der Waals surface area contributed by atoms with E-state index in [-0.39, 0.29) is 19.3 Å². The molecule has 0 fully saturated rings. The monoisotopic (exact) mass is 644 g/mol. The first-order chi connectivity index (χ1) is 20.9. The number of hydrogen-bond donors (Lipinski definition) is 2. The molecule has 10 nitrogen and oxygen atoms in total. The Bertz CT molecular complexity index is 1520. The average molecular weight is 645 g/mol. The zero-order valence-electron chi connectivity index (χ0n) is 24.4. The molecule has 1 amide bonds. The lowest BCUT2D eigenvalue weighted by Crippen LogP contribution is -2.45. The van der Waals surface area contributed by atoms with Crippen LogP contribution in [0.4, 0.5) is 36.8 Å². The number of nitrogens with zero attached hydrogens (tertiary/aromatic N) is 3. The van der Waals surface area contributed by atoms with Gasteiger partial charge in [0, 0.05) is 6.42 Å². The van der Waals surface area contributed by atoms with E-state index in [0.717, 1.165) is 0 Å². The smallest absolute Gasteiger partial charge is 0.426 e. The number of nitrogens with one attached hydrogen (secondary N) is 1. The van der Waals surface area contributed by atoms with E-state index in [9.17, 15) is 41.0 Å². The minimum absolute atomic E-state index is 0.246. The summed E-state index contributed by atoms with van der Waals surface area (Å²) < 4.78 is 103. The fourth-order valence-corrected chi connectivity index (χ4v) is 4.61. The zero-order chi connectivity index (χ0) is 33.2. The summed E-state index contributed by atoms with van der Waals surface area (Å²) in [5.74, 6) is -3.03. The highest BCUT2D eigenvalue weighted by molar-refractivity contribution is 5.98. The number of carbonyl (C=O) groups excluding carboxylic acids is 2. The van der Waals surface area contributed by atoms with Gasteiger partial charge in [0.25, 0.3) is 11.8 Å². The fourth-order valence-electron chi connectivity index (χ4n) is 4.61. The molecule has 2 atom stereocenters. The van der Waals surface area contributed by atoms with Gasteiger partial charge in [-0.15, -0.1) is 10.2 Å². The van der Waals surface area contributed by atoms with Crippen LogP contribution in [0.3, 0.4) is 0 Å². The van der Waals surface area contributed by atoms with E-state index in [1.807, 2.05) is 0 Å². The molecule has 1 aromatic carbocycles. The summed E-state index contributed by atoms with van der Waals surface area (Å²) in [6.45, 7) is 3.93. The van der Waals surface area contributed by atoms with Crippen LogP contribution in [-0.4, -0.2) is 50.0 Å². The summed E-state index contributed by atoms with van der Waals surface area (Å²) in [4.78, 5) is 29.3. The molecule has 0 saturated heterocycles. The molecule has 45 heavy (non-hydrogen) atoms. The van der Waals surface area contributed by atoms with Crippen molar-refractivity contribution in [3.63, 3.8) is 0 Å². The number of alkyl halides is 6. The lowest BCUT2D eigenvalue weighted by Gasteiger charge is -2.33. The number of halogens is 6. The van der Waals surface area contributed by atoms with Crippen LogP contribution in [-0.2, 0) is 27.9 Å². The van der Waals surface area contributed by atoms with Crippen LogP contribution in [0.5, 0.6) is 0 Å². The highest BCUT2D eigenvalue weighted by Crippen LogP contribution is 2.47. The maximum Gasteiger partial charge on any atom is 0.426 e. The molecule has 244 valence electrons. The Morgan fingerprint density at radius 3 is 2.38 bits per heavy atom. The van der Waals surface area contributed by atoms with E-state index in [1.54, 1.807) is 18.2 Å². The molecule has 0 spiro atoms. The van der Waals surface area contributed by atoms with Gasteiger partial charge in [0.1, 0.15) is 11.3 Å². The number of benzene rings is 1. The van der Waals surface area contributed by atoms with Crippen molar-refractivity contribution < 1.29 is 54.9 Å². The molecule has 16 heteroatoms. The minimum Gasteiger partial charge on any atom is -0.444 e. The van der Waals surface area contributed by atoms with Crippen molar-refractivity contribution in [2.45, 2.75) is 89.1 Å². The molecule has 1 aliphatic heterocycles. The number of ether oxygens (including phenoxy) is 2. The van der Waals surface area contributed by atoms with Gasteiger partial charge in [0.05, 0.1) is 24.0 Å². The largest absolute Gasteiger partial charge is 0.444 e. The van der Waals surface area contributed by atoms with Gasteiger partial charge in [0.2, 0.25) is 5.60 Å². The summed E-state index contributed by atoms with van der Waals surface area (Å²) in [7, 11) is 0. The second-order valence-electron chi connectivity index (χ2n) is 11.4. The molecule has 4 rings (SSSR count). The number of fused-ring (bicyclic) bond motifs is 5. The van der Waals surface area contributed by atoms with E-state index in [2.05, 4.69) is 20.5 Å². The number of aromatic nitrogens is 3. The number of aliphatic hydroxyl groups excluding tert-OH is 1. The number of ketones is 1. The van der Waals surface area contributed by atoms with Crippen LogP contribution in [0.1, 0.15) is 80.4 Å². The van der Waals surface area contributed by atoms with Crippen molar-refractivity contribution in [3.8, 4) is 11.6 Å². The maximum absolute atomic E-state index is 14.9. The number of aliphatic hydroxyl groups is 1. The molecule has 1 aliphatic rings. The van der Waals surface area contributed by atoms with Crippen LogP contribution < -0.4 is 5.32 Å². The molecule has 4 bridgehead atoms. The second-order valence-corrected chi connectivity index (χ2v) is 11.4. The van der Waals surface area contributed by atoms with Crippen molar-refractivity contribution in [2.24, 2.45) is 0 Å². The summed E-state index contributed by atoms with van der Waals surface area (Å²) in [5.41, 5.74) is -8.00. The van der Waals surface area contributed by atoms with Crippen LogP contribution in [0.2, 0.25) is 0 Å². The van der Waals surface area contributed by atoms with Gasteiger partial charge in [-0.2, -0.15) is 26.3 Å². The van der Waals surface area contributed by atoms with Gasteiger partial charge in [-0.1, -0.05) is 30.3 Å². The Balaban J connectivity index is 1.92. The first-order valence-corrected chi connectivity index (χ1v) is 13.8. The SMILES string of the molecule is CC(C)(C)OC(=O)Nc1cc(C(F)(F)F)c2nc1-c1nnc(o1)[C@@](OCc1ccccc1)(C(F)(F)F)CCCC(O)CCC2=O. The number of pyridine rings is 1. The lowest BCUT2D eigenvalue weighted by molar-refractivity contribution is -0.300. The number of amides is 1. The molecule has 0 radical (unpaired) electrons. The van der Waals surface area contributed by atoms with Crippen molar-refractivity contribution in [2.75, 3.05) is 5.32 Å². The molecule has 2 aromatic heterocycles. The molecule has 1 unspecified atom stereocenters. The number of anilines is 1. The highest BCUT2D eigenvalue weighted by Gasteiger charge is 2.61. The Labute approximate surface area is 253 Å². The molecule has 0 saturated carbocycles. The summed E-state index contributed by atoms with van der Waals surface area (Å²) >= 11 is 0. The number of carbonyl (C=O) groups is 2. The third-order valence-electron chi connectivity index (χ3n) is 6.76. The summed E-state index contributed by atoms with van der Waals surface area (Å²) in [6, 6.07) is 8.32. The summed E-state index contributed by atoms with van der Waals surface area (Å²) in [5, 5.41) is 19.7. The Morgan fingerprint density at radius 1 is 1.07 bits per heavy atom. The van der Waals surface area contributed by atoms with Crippen LogP contribution in [0.25, 0.3) is 11.6 Å². The van der Waals surface area contributed by atoms with Gasteiger partial charge >= 0.3 is 18.4 Å².